The lowest BCUT2D eigenvalue weighted by Gasteiger charge is -2.31. The molecule has 3 nitrogen and oxygen atoms in total. The Morgan fingerprint density at radius 3 is 2.68 bits per heavy atom. The van der Waals surface area contributed by atoms with Crippen LogP contribution in [0.15, 0.2) is 12.1 Å². The minimum Gasteiger partial charge on any atom is -0.337 e. The molecule has 0 spiro atoms. The normalized spacial score (nSPS) is 19.3. The van der Waals surface area contributed by atoms with E-state index >= 15 is 0 Å². The standard InChI is InChI=1S/C13H15F3N2O/c1-18(8-3-2-6-17-7-8)13(19)9-4-5-10(14)12(16)11(9)15/h4-5,8,17H,2-3,6-7H2,1H3. The number of rotatable bonds is 2. The molecule has 2 rings (SSSR count). The zero-order valence-corrected chi connectivity index (χ0v) is 10.5. The van der Waals surface area contributed by atoms with E-state index in [4.69, 9.17) is 0 Å². The molecule has 0 aromatic heterocycles. The van der Waals surface area contributed by atoms with Gasteiger partial charge in [0.2, 0.25) is 0 Å². The van der Waals surface area contributed by atoms with Gasteiger partial charge in [-0.05, 0) is 31.5 Å². The Kier molecular flexibility index (Phi) is 4.09. The first-order chi connectivity index (χ1) is 9.02. The molecule has 1 aliphatic heterocycles. The summed E-state index contributed by atoms with van der Waals surface area (Å²) in [5.41, 5.74) is -0.438. The van der Waals surface area contributed by atoms with E-state index in [-0.39, 0.29) is 6.04 Å². The van der Waals surface area contributed by atoms with Gasteiger partial charge in [-0.3, -0.25) is 4.79 Å². The van der Waals surface area contributed by atoms with Crippen molar-refractivity contribution in [1.29, 1.82) is 0 Å². The van der Waals surface area contributed by atoms with Crippen molar-refractivity contribution in [3.63, 3.8) is 0 Å². The maximum atomic E-state index is 13.6. The van der Waals surface area contributed by atoms with Crippen LogP contribution in [0.4, 0.5) is 13.2 Å². The first-order valence-electron chi connectivity index (χ1n) is 6.13. The van der Waals surface area contributed by atoms with E-state index in [0.29, 0.717) is 6.54 Å². The summed E-state index contributed by atoms with van der Waals surface area (Å²) in [6, 6.07) is 1.68. The predicted octanol–water partition coefficient (Wildman–Crippen LogP) is 1.93. The van der Waals surface area contributed by atoms with Crippen molar-refractivity contribution >= 4 is 5.91 Å². The number of piperidine rings is 1. The first kappa shape index (κ1) is 13.9. The molecule has 1 saturated heterocycles. The van der Waals surface area contributed by atoms with Crippen LogP contribution in [0.25, 0.3) is 0 Å². The molecule has 1 atom stereocenters. The van der Waals surface area contributed by atoms with Crippen LogP contribution in [0.2, 0.25) is 0 Å². The molecular formula is C13H15F3N2O. The van der Waals surface area contributed by atoms with Crippen LogP contribution in [0.5, 0.6) is 0 Å². The molecule has 1 aliphatic rings. The van der Waals surface area contributed by atoms with Crippen LogP contribution in [0, 0.1) is 17.5 Å². The van der Waals surface area contributed by atoms with E-state index in [0.717, 1.165) is 31.5 Å². The summed E-state index contributed by atoms with van der Waals surface area (Å²) in [5, 5.41) is 3.14. The molecule has 19 heavy (non-hydrogen) atoms. The third-order valence-corrected chi connectivity index (χ3v) is 3.40. The largest absolute Gasteiger partial charge is 0.337 e. The topological polar surface area (TPSA) is 32.3 Å². The van der Waals surface area contributed by atoms with Crippen molar-refractivity contribution in [3.05, 3.63) is 35.1 Å². The van der Waals surface area contributed by atoms with Gasteiger partial charge in [0.25, 0.3) is 5.91 Å². The van der Waals surface area contributed by atoms with Gasteiger partial charge in [-0.2, -0.15) is 0 Å². The second-order valence-corrected chi connectivity index (χ2v) is 4.64. The molecular weight excluding hydrogens is 257 g/mol. The lowest BCUT2D eigenvalue weighted by Crippen LogP contribution is -2.46. The summed E-state index contributed by atoms with van der Waals surface area (Å²) < 4.78 is 39.5. The first-order valence-corrected chi connectivity index (χ1v) is 6.13. The quantitative estimate of drug-likeness (QED) is 0.834. The fraction of sp³-hybridized carbons (Fsp3) is 0.462. The average molecular weight is 272 g/mol. The van der Waals surface area contributed by atoms with Crippen LogP contribution in [-0.2, 0) is 0 Å². The van der Waals surface area contributed by atoms with Gasteiger partial charge in [-0.25, -0.2) is 13.2 Å². The number of hydrogen-bond donors (Lipinski definition) is 1. The summed E-state index contributed by atoms with van der Waals surface area (Å²) >= 11 is 0. The third-order valence-electron chi connectivity index (χ3n) is 3.40. The Morgan fingerprint density at radius 2 is 2.05 bits per heavy atom. The molecule has 1 unspecified atom stereocenters. The Bertz CT molecular complexity index is 487. The minimum absolute atomic E-state index is 0.0613. The molecule has 104 valence electrons. The number of hydrogen-bond acceptors (Lipinski definition) is 2. The second-order valence-electron chi connectivity index (χ2n) is 4.64. The van der Waals surface area contributed by atoms with Crippen LogP contribution in [0.1, 0.15) is 23.2 Å². The van der Waals surface area contributed by atoms with Gasteiger partial charge in [0.05, 0.1) is 5.56 Å². The van der Waals surface area contributed by atoms with E-state index in [1.807, 2.05) is 0 Å². The summed E-state index contributed by atoms with van der Waals surface area (Å²) in [5.74, 6) is -4.97. The smallest absolute Gasteiger partial charge is 0.256 e. The van der Waals surface area contributed by atoms with Gasteiger partial charge in [0.15, 0.2) is 17.5 Å². The zero-order chi connectivity index (χ0) is 14.0. The average Bonchev–Trinajstić information content (AvgIpc) is 2.44. The van der Waals surface area contributed by atoms with Crippen LogP contribution < -0.4 is 5.32 Å². The molecule has 1 heterocycles. The zero-order valence-electron chi connectivity index (χ0n) is 10.5. The highest BCUT2D eigenvalue weighted by Crippen LogP contribution is 2.18. The van der Waals surface area contributed by atoms with Gasteiger partial charge in [0.1, 0.15) is 0 Å². The van der Waals surface area contributed by atoms with Crippen molar-refractivity contribution < 1.29 is 18.0 Å². The number of nitrogens with zero attached hydrogens (tertiary/aromatic N) is 1. The summed E-state index contributed by atoms with van der Waals surface area (Å²) in [7, 11) is 1.54. The Morgan fingerprint density at radius 1 is 1.32 bits per heavy atom. The summed E-state index contributed by atoms with van der Waals surface area (Å²) in [6.07, 6.45) is 1.73. The molecule has 1 aromatic carbocycles. The molecule has 0 aliphatic carbocycles. The highest BCUT2D eigenvalue weighted by Gasteiger charge is 2.26. The van der Waals surface area contributed by atoms with Gasteiger partial charge in [-0.15, -0.1) is 0 Å². The number of benzene rings is 1. The maximum Gasteiger partial charge on any atom is 0.256 e. The maximum absolute atomic E-state index is 13.6. The SMILES string of the molecule is CN(C(=O)c1ccc(F)c(F)c1F)C1CCCNC1. The highest BCUT2D eigenvalue weighted by molar-refractivity contribution is 5.94. The van der Waals surface area contributed by atoms with Crippen molar-refractivity contribution in [1.82, 2.24) is 10.2 Å². The van der Waals surface area contributed by atoms with E-state index in [1.165, 1.54) is 4.90 Å². The van der Waals surface area contributed by atoms with Crippen molar-refractivity contribution in [2.75, 3.05) is 20.1 Å². The monoisotopic (exact) mass is 272 g/mol. The molecule has 0 bridgehead atoms. The van der Waals surface area contributed by atoms with E-state index < -0.39 is 28.9 Å². The number of carbonyl (C=O) groups is 1. The molecule has 0 saturated carbocycles. The van der Waals surface area contributed by atoms with Gasteiger partial charge < -0.3 is 10.2 Å². The summed E-state index contributed by atoms with van der Waals surface area (Å²) in [6.45, 7) is 1.51. The predicted molar refractivity (Wildman–Crippen MR) is 64.3 cm³/mol. The van der Waals surface area contributed by atoms with Crippen LogP contribution in [-0.4, -0.2) is 37.0 Å². The number of halogens is 3. The van der Waals surface area contributed by atoms with E-state index in [9.17, 15) is 18.0 Å². The van der Waals surface area contributed by atoms with E-state index in [2.05, 4.69) is 5.32 Å². The third kappa shape index (κ3) is 2.73. The van der Waals surface area contributed by atoms with Crippen LogP contribution >= 0.6 is 0 Å². The summed E-state index contributed by atoms with van der Waals surface area (Å²) in [4.78, 5) is 13.5. The number of nitrogens with one attached hydrogen (secondary N) is 1. The van der Waals surface area contributed by atoms with Gasteiger partial charge >= 0.3 is 0 Å². The number of amides is 1. The van der Waals surface area contributed by atoms with Gasteiger partial charge in [0, 0.05) is 19.6 Å². The Labute approximate surface area is 109 Å². The number of carbonyl (C=O) groups excluding carboxylic acids is 1. The molecule has 1 fully saturated rings. The lowest BCUT2D eigenvalue weighted by atomic mass is 10.0. The molecule has 0 radical (unpaired) electrons. The van der Waals surface area contributed by atoms with Crippen molar-refractivity contribution in [2.24, 2.45) is 0 Å². The number of likely N-dealkylation sites (N-methyl/N-ethyl adjacent to an activating group) is 1. The molecule has 6 heteroatoms. The fourth-order valence-electron chi connectivity index (χ4n) is 2.21. The Hall–Kier alpha value is -1.56. The minimum atomic E-state index is -1.61. The van der Waals surface area contributed by atoms with Crippen molar-refractivity contribution in [3.8, 4) is 0 Å². The molecule has 1 aromatic rings. The Balaban J connectivity index is 2.21. The van der Waals surface area contributed by atoms with Crippen LogP contribution in [0.3, 0.4) is 0 Å². The van der Waals surface area contributed by atoms with E-state index in [1.54, 1.807) is 7.05 Å². The van der Waals surface area contributed by atoms with Crippen molar-refractivity contribution in [2.45, 2.75) is 18.9 Å². The molecule has 1 N–H and O–H groups in total. The second kappa shape index (κ2) is 5.61. The fourth-order valence-corrected chi connectivity index (χ4v) is 2.21. The highest BCUT2D eigenvalue weighted by atomic mass is 19.2. The lowest BCUT2D eigenvalue weighted by molar-refractivity contribution is 0.0702. The van der Waals surface area contributed by atoms with Gasteiger partial charge in [-0.1, -0.05) is 0 Å². The molecule has 1 amide bonds.